The highest BCUT2D eigenvalue weighted by atomic mass is 32.2. The van der Waals surface area contributed by atoms with Crippen LogP contribution in [0.25, 0.3) is 4.96 Å². The molecule has 134 valence electrons. The normalized spacial score (nSPS) is 12.0. The molecule has 10 heteroatoms. The molecule has 0 spiro atoms. The van der Waals surface area contributed by atoms with Gasteiger partial charge in [-0.3, -0.25) is 0 Å². The van der Waals surface area contributed by atoms with E-state index < -0.39 is 10.0 Å². The van der Waals surface area contributed by atoms with E-state index in [1.807, 2.05) is 20.8 Å². The number of nitrogens with one attached hydrogen (secondary N) is 1. The number of aryl methyl sites for hydroxylation is 3. The first-order valence-electron chi connectivity index (χ1n) is 7.64. The lowest BCUT2D eigenvalue weighted by atomic mass is 10.1. The van der Waals surface area contributed by atoms with Gasteiger partial charge >= 0.3 is 0 Å². The van der Waals surface area contributed by atoms with Crippen LogP contribution in [0.2, 0.25) is 0 Å². The van der Waals surface area contributed by atoms with Crippen LogP contribution in [0.4, 0.5) is 0 Å². The minimum absolute atomic E-state index is 0.145. The molecule has 0 radical (unpaired) electrons. The van der Waals surface area contributed by atoms with Gasteiger partial charge in [0.15, 0.2) is 5.82 Å². The minimum atomic E-state index is -3.67. The molecule has 0 fully saturated rings. The number of hydrogen-bond donors (Lipinski definition) is 1. The summed E-state index contributed by atoms with van der Waals surface area (Å²) in [4.78, 5) is 0.846. The van der Waals surface area contributed by atoms with Crippen LogP contribution in [-0.2, 0) is 16.4 Å². The molecule has 0 saturated carbocycles. The Morgan fingerprint density at radius 3 is 2.60 bits per heavy atom. The van der Waals surface area contributed by atoms with Crippen LogP contribution >= 0.6 is 11.3 Å². The Labute approximate surface area is 149 Å². The van der Waals surface area contributed by atoms with E-state index >= 15 is 0 Å². The zero-order chi connectivity index (χ0) is 18.2. The van der Waals surface area contributed by atoms with E-state index in [-0.39, 0.29) is 11.4 Å². The maximum Gasteiger partial charge on any atom is 0.244 e. The summed E-state index contributed by atoms with van der Waals surface area (Å²) in [5.41, 5.74) is 1.87. The Kier molecular flexibility index (Phi) is 4.76. The van der Waals surface area contributed by atoms with Gasteiger partial charge in [0.2, 0.25) is 15.0 Å². The average molecular weight is 381 g/mol. The summed E-state index contributed by atoms with van der Waals surface area (Å²) in [5, 5.41) is 13.1. The molecule has 2 heterocycles. The Morgan fingerprint density at radius 2 is 1.92 bits per heavy atom. The van der Waals surface area contributed by atoms with Gasteiger partial charge in [-0.15, -0.1) is 10.2 Å². The van der Waals surface area contributed by atoms with Crippen molar-refractivity contribution in [1.82, 2.24) is 24.5 Å². The number of rotatable bonds is 6. The van der Waals surface area contributed by atoms with Crippen molar-refractivity contribution in [3.05, 3.63) is 34.1 Å². The first-order valence-corrected chi connectivity index (χ1v) is 9.94. The molecule has 1 aromatic carbocycles. The van der Waals surface area contributed by atoms with E-state index in [9.17, 15) is 8.42 Å². The number of fused-ring (bicyclic) bond motifs is 1. The second-order valence-electron chi connectivity index (χ2n) is 5.67. The number of hydrogen-bond acceptors (Lipinski definition) is 7. The van der Waals surface area contributed by atoms with E-state index in [1.54, 1.807) is 16.6 Å². The number of sulfonamides is 1. The molecular weight excluding hydrogens is 362 g/mol. The zero-order valence-electron chi connectivity index (χ0n) is 14.4. The van der Waals surface area contributed by atoms with E-state index in [0.29, 0.717) is 23.0 Å². The third kappa shape index (κ3) is 3.51. The van der Waals surface area contributed by atoms with Crippen molar-refractivity contribution in [2.75, 3.05) is 13.7 Å². The van der Waals surface area contributed by atoms with Crippen molar-refractivity contribution in [3.63, 3.8) is 0 Å². The molecule has 0 atom stereocenters. The van der Waals surface area contributed by atoms with E-state index in [2.05, 4.69) is 20.0 Å². The summed E-state index contributed by atoms with van der Waals surface area (Å²) in [6.07, 6.45) is 0.472. The summed E-state index contributed by atoms with van der Waals surface area (Å²) in [6.45, 7) is 5.84. The molecule has 3 aromatic rings. The molecule has 2 aromatic heterocycles. The second-order valence-corrected chi connectivity index (χ2v) is 8.45. The van der Waals surface area contributed by atoms with Gasteiger partial charge in [0, 0.05) is 13.0 Å². The molecule has 25 heavy (non-hydrogen) atoms. The molecule has 0 aliphatic heterocycles. The summed E-state index contributed by atoms with van der Waals surface area (Å²) in [7, 11) is -2.21. The summed E-state index contributed by atoms with van der Waals surface area (Å²) in [6, 6.07) is 3.36. The Bertz CT molecular complexity index is 1020. The van der Waals surface area contributed by atoms with Crippen molar-refractivity contribution in [3.8, 4) is 5.75 Å². The van der Waals surface area contributed by atoms with E-state index in [1.165, 1.54) is 18.4 Å². The highest BCUT2D eigenvalue weighted by Crippen LogP contribution is 2.27. The standard InChI is InChI=1S/C15H19N5O3S2/c1-9-7-12(23-4)13(8-10(9)2)25(21,22)16-6-5-14-19-20-11(3)17-18-15(20)24-14/h7-8,16H,5-6H2,1-4H3. The SMILES string of the molecule is COc1cc(C)c(C)cc1S(=O)(=O)NCCc1nn2c(C)nnc2s1. The van der Waals surface area contributed by atoms with Crippen LogP contribution < -0.4 is 9.46 Å². The zero-order valence-corrected chi connectivity index (χ0v) is 16.0. The summed E-state index contributed by atoms with van der Waals surface area (Å²) < 4.78 is 34.7. The van der Waals surface area contributed by atoms with Crippen LogP contribution in [0.5, 0.6) is 5.75 Å². The lowest BCUT2D eigenvalue weighted by molar-refractivity contribution is 0.402. The molecule has 0 amide bonds. The molecule has 0 aliphatic carbocycles. The topological polar surface area (TPSA) is 98.5 Å². The number of benzene rings is 1. The first-order chi connectivity index (χ1) is 11.8. The van der Waals surface area contributed by atoms with Crippen molar-refractivity contribution >= 4 is 26.3 Å². The molecule has 0 unspecified atom stereocenters. The van der Waals surface area contributed by atoms with Gasteiger partial charge in [-0.1, -0.05) is 11.3 Å². The van der Waals surface area contributed by atoms with Crippen molar-refractivity contribution < 1.29 is 13.2 Å². The van der Waals surface area contributed by atoms with Crippen molar-refractivity contribution in [2.24, 2.45) is 0 Å². The highest BCUT2D eigenvalue weighted by Gasteiger charge is 2.20. The molecular formula is C15H19N5O3S2. The predicted molar refractivity (Wildman–Crippen MR) is 94.8 cm³/mol. The van der Waals surface area contributed by atoms with Gasteiger partial charge in [-0.2, -0.15) is 9.61 Å². The van der Waals surface area contributed by atoms with E-state index in [4.69, 9.17) is 4.74 Å². The lowest BCUT2D eigenvalue weighted by Gasteiger charge is -2.13. The summed E-state index contributed by atoms with van der Waals surface area (Å²) in [5.74, 6) is 1.04. The van der Waals surface area contributed by atoms with Gasteiger partial charge in [0.25, 0.3) is 0 Å². The molecule has 8 nitrogen and oxygen atoms in total. The number of ether oxygens (including phenoxy) is 1. The monoisotopic (exact) mass is 381 g/mol. The number of nitrogens with zero attached hydrogens (tertiary/aromatic N) is 4. The van der Waals surface area contributed by atoms with Gasteiger partial charge < -0.3 is 4.74 Å². The van der Waals surface area contributed by atoms with Crippen LogP contribution in [0.1, 0.15) is 22.0 Å². The van der Waals surface area contributed by atoms with Crippen molar-refractivity contribution in [1.29, 1.82) is 0 Å². The maximum atomic E-state index is 12.6. The predicted octanol–water partition coefficient (Wildman–Crippen LogP) is 1.64. The maximum absolute atomic E-state index is 12.6. The van der Waals surface area contributed by atoms with Crippen molar-refractivity contribution in [2.45, 2.75) is 32.1 Å². The fourth-order valence-electron chi connectivity index (χ4n) is 2.36. The Balaban J connectivity index is 1.74. The molecule has 0 bridgehead atoms. The first kappa shape index (κ1) is 17.8. The smallest absolute Gasteiger partial charge is 0.244 e. The van der Waals surface area contributed by atoms with E-state index in [0.717, 1.165) is 16.1 Å². The Hall–Kier alpha value is -2.04. The average Bonchev–Trinajstić information content (AvgIpc) is 3.11. The van der Waals surface area contributed by atoms with Crippen LogP contribution in [-0.4, -0.2) is 41.9 Å². The fourth-order valence-corrected chi connectivity index (χ4v) is 4.50. The molecule has 3 rings (SSSR count). The molecule has 1 N–H and O–H groups in total. The molecule has 0 aliphatic rings. The van der Waals surface area contributed by atoms with Gasteiger partial charge in [0.1, 0.15) is 15.7 Å². The summed E-state index contributed by atoms with van der Waals surface area (Å²) >= 11 is 1.40. The minimum Gasteiger partial charge on any atom is -0.495 e. The largest absolute Gasteiger partial charge is 0.495 e. The van der Waals surface area contributed by atoms with Crippen LogP contribution in [0.15, 0.2) is 17.0 Å². The third-order valence-electron chi connectivity index (χ3n) is 3.89. The quantitative estimate of drug-likeness (QED) is 0.697. The molecule has 0 saturated heterocycles. The van der Waals surface area contributed by atoms with Gasteiger partial charge in [0.05, 0.1) is 7.11 Å². The number of aromatic nitrogens is 4. The van der Waals surface area contributed by atoms with Crippen LogP contribution in [0, 0.1) is 20.8 Å². The second kappa shape index (κ2) is 6.70. The van der Waals surface area contributed by atoms with Gasteiger partial charge in [-0.25, -0.2) is 13.1 Å². The third-order valence-corrected chi connectivity index (χ3v) is 6.33. The Morgan fingerprint density at radius 1 is 1.20 bits per heavy atom. The lowest BCUT2D eigenvalue weighted by Crippen LogP contribution is -2.26. The van der Waals surface area contributed by atoms with Crippen LogP contribution in [0.3, 0.4) is 0 Å². The highest BCUT2D eigenvalue weighted by molar-refractivity contribution is 7.89. The number of methoxy groups -OCH3 is 1. The van der Waals surface area contributed by atoms with Gasteiger partial charge in [-0.05, 0) is 44.0 Å². The fraction of sp³-hybridized carbons (Fsp3) is 0.400.